The molecule has 0 aromatic heterocycles. The first-order valence-electron chi connectivity index (χ1n) is 7.37. The number of benzene rings is 2. The zero-order valence-electron chi connectivity index (χ0n) is 13.2. The van der Waals surface area contributed by atoms with Crippen molar-refractivity contribution in [3.8, 4) is 17.2 Å². The van der Waals surface area contributed by atoms with Crippen LogP contribution < -0.4 is 14.2 Å². The highest BCUT2D eigenvalue weighted by atomic mass is 35.5. The molecule has 0 amide bonds. The van der Waals surface area contributed by atoms with Crippen LogP contribution in [0.4, 0.5) is 0 Å². The van der Waals surface area contributed by atoms with Crippen molar-refractivity contribution in [3.63, 3.8) is 0 Å². The SMILES string of the molecule is CCOc1cc(C=O)ccc1OCCOc1ccc(Cl)c(C)c1. The summed E-state index contributed by atoms with van der Waals surface area (Å²) in [5.74, 6) is 1.89. The molecule has 0 radical (unpaired) electrons. The first kappa shape index (κ1) is 17.2. The average Bonchev–Trinajstić information content (AvgIpc) is 2.56. The highest BCUT2D eigenvalue weighted by Gasteiger charge is 2.06. The van der Waals surface area contributed by atoms with Gasteiger partial charge < -0.3 is 14.2 Å². The minimum absolute atomic E-state index is 0.363. The highest BCUT2D eigenvalue weighted by Crippen LogP contribution is 2.28. The summed E-state index contributed by atoms with van der Waals surface area (Å²) in [7, 11) is 0. The standard InChI is InChI=1S/C18H19ClO4/c1-3-21-18-11-14(12-20)4-7-17(18)23-9-8-22-15-5-6-16(19)13(2)10-15/h4-7,10-12H,3,8-9H2,1-2H3. The lowest BCUT2D eigenvalue weighted by Gasteiger charge is -2.13. The van der Waals surface area contributed by atoms with E-state index in [-0.39, 0.29) is 0 Å². The fourth-order valence-electron chi connectivity index (χ4n) is 2.00. The number of hydrogen-bond donors (Lipinski definition) is 0. The number of hydrogen-bond acceptors (Lipinski definition) is 4. The number of carbonyl (C=O) groups excluding carboxylic acids is 1. The van der Waals surface area contributed by atoms with Crippen LogP contribution in [0, 0.1) is 6.92 Å². The molecule has 0 heterocycles. The van der Waals surface area contributed by atoms with Crippen LogP contribution in [0.1, 0.15) is 22.8 Å². The smallest absolute Gasteiger partial charge is 0.161 e. The van der Waals surface area contributed by atoms with Gasteiger partial charge in [0.2, 0.25) is 0 Å². The van der Waals surface area contributed by atoms with Crippen molar-refractivity contribution in [1.82, 2.24) is 0 Å². The van der Waals surface area contributed by atoms with Gasteiger partial charge in [-0.05, 0) is 55.8 Å². The molecule has 0 unspecified atom stereocenters. The van der Waals surface area contributed by atoms with Gasteiger partial charge in [0.15, 0.2) is 11.5 Å². The lowest BCUT2D eigenvalue weighted by atomic mass is 10.2. The van der Waals surface area contributed by atoms with Crippen LogP contribution in [0.3, 0.4) is 0 Å². The van der Waals surface area contributed by atoms with E-state index in [2.05, 4.69) is 0 Å². The van der Waals surface area contributed by atoms with Gasteiger partial charge in [-0.15, -0.1) is 0 Å². The topological polar surface area (TPSA) is 44.8 Å². The number of aldehydes is 1. The molecular weight excluding hydrogens is 316 g/mol. The Morgan fingerprint density at radius 2 is 1.78 bits per heavy atom. The van der Waals surface area contributed by atoms with Gasteiger partial charge in [0, 0.05) is 10.6 Å². The first-order valence-corrected chi connectivity index (χ1v) is 7.75. The maximum Gasteiger partial charge on any atom is 0.161 e. The van der Waals surface area contributed by atoms with E-state index in [1.165, 1.54) is 0 Å². The van der Waals surface area contributed by atoms with Crippen molar-refractivity contribution in [2.45, 2.75) is 13.8 Å². The lowest BCUT2D eigenvalue weighted by Crippen LogP contribution is -2.10. The largest absolute Gasteiger partial charge is 0.490 e. The number of halogens is 1. The molecule has 122 valence electrons. The Bertz CT molecular complexity index is 670. The van der Waals surface area contributed by atoms with Crippen LogP contribution in [0.2, 0.25) is 5.02 Å². The van der Waals surface area contributed by atoms with Gasteiger partial charge in [0.1, 0.15) is 25.2 Å². The van der Waals surface area contributed by atoms with Crippen LogP contribution in [-0.2, 0) is 0 Å². The molecule has 0 aliphatic heterocycles. The molecule has 5 heteroatoms. The maximum absolute atomic E-state index is 10.8. The van der Waals surface area contributed by atoms with Gasteiger partial charge in [-0.2, -0.15) is 0 Å². The lowest BCUT2D eigenvalue weighted by molar-refractivity contribution is 0.112. The summed E-state index contributed by atoms with van der Waals surface area (Å²) >= 11 is 5.97. The van der Waals surface area contributed by atoms with Crippen LogP contribution >= 0.6 is 11.6 Å². The van der Waals surface area contributed by atoms with Crippen LogP contribution in [0.25, 0.3) is 0 Å². The molecular formula is C18H19ClO4. The summed E-state index contributed by atoms with van der Waals surface area (Å²) in [6, 6.07) is 10.6. The summed E-state index contributed by atoms with van der Waals surface area (Å²) in [4.78, 5) is 10.8. The van der Waals surface area contributed by atoms with Crippen molar-refractivity contribution < 1.29 is 19.0 Å². The van der Waals surface area contributed by atoms with Gasteiger partial charge >= 0.3 is 0 Å². The second kappa shape index (κ2) is 8.44. The molecule has 0 bridgehead atoms. The van der Waals surface area contributed by atoms with Gasteiger partial charge in [-0.1, -0.05) is 11.6 Å². The number of ether oxygens (including phenoxy) is 3. The number of aryl methyl sites for hydroxylation is 1. The summed E-state index contributed by atoms with van der Waals surface area (Å²) in [6.45, 7) is 5.06. The van der Waals surface area contributed by atoms with E-state index >= 15 is 0 Å². The van der Waals surface area contributed by atoms with E-state index in [1.54, 1.807) is 24.3 Å². The van der Waals surface area contributed by atoms with Crippen molar-refractivity contribution in [2.24, 2.45) is 0 Å². The van der Waals surface area contributed by atoms with Crippen LogP contribution in [0.15, 0.2) is 36.4 Å². The normalized spacial score (nSPS) is 10.2. The van der Waals surface area contributed by atoms with Crippen molar-refractivity contribution in [3.05, 3.63) is 52.5 Å². The third kappa shape index (κ3) is 4.89. The molecule has 0 saturated carbocycles. The van der Waals surface area contributed by atoms with Crippen LogP contribution in [-0.4, -0.2) is 26.1 Å². The summed E-state index contributed by atoms with van der Waals surface area (Å²) in [5.41, 5.74) is 1.52. The Kier molecular flexibility index (Phi) is 6.29. The fourth-order valence-corrected chi connectivity index (χ4v) is 2.12. The van der Waals surface area contributed by atoms with E-state index in [0.29, 0.717) is 41.9 Å². The Morgan fingerprint density at radius 1 is 1.00 bits per heavy atom. The quantitative estimate of drug-likeness (QED) is 0.533. The molecule has 0 atom stereocenters. The van der Waals surface area contributed by atoms with Crippen molar-refractivity contribution in [2.75, 3.05) is 19.8 Å². The Hall–Kier alpha value is -2.20. The second-order valence-electron chi connectivity index (χ2n) is 4.86. The van der Waals surface area contributed by atoms with Gasteiger partial charge in [0.25, 0.3) is 0 Å². The first-order chi connectivity index (χ1) is 11.1. The fraction of sp³-hybridized carbons (Fsp3) is 0.278. The maximum atomic E-state index is 10.8. The molecule has 0 aliphatic carbocycles. The Morgan fingerprint density at radius 3 is 2.48 bits per heavy atom. The van der Waals surface area contributed by atoms with E-state index < -0.39 is 0 Å². The molecule has 2 rings (SSSR count). The third-order valence-electron chi connectivity index (χ3n) is 3.14. The third-order valence-corrected chi connectivity index (χ3v) is 3.57. The summed E-state index contributed by atoms with van der Waals surface area (Å²) in [6.07, 6.45) is 0.776. The molecule has 4 nitrogen and oxygen atoms in total. The minimum Gasteiger partial charge on any atom is -0.490 e. The highest BCUT2D eigenvalue weighted by molar-refractivity contribution is 6.31. The molecule has 0 saturated heterocycles. The monoisotopic (exact) mass is 334 g/mol. The summed E-state index contributed by atoms with van der Waals surface area (Å²) < 4.78 is 16.8. The Balaban J connectivity index is 1.90. The molecule has 0 N–H and O–H groups in total. The molecule has 23 heavy (non-hydrogen) atoms. The predicted octanol–water partition coefficient (Wildman–Crippen LogP) is 4.32. The molecule has 0 aliphatic rings. The number of carbonyl (C=O) groups is 1. The predicted molar refractivity (Wildman–Crippen MR) is 90.2 cm³/mol. The van der Waals surface area contributed by atoms with Gasteiger partial charge in [-0.25, -0.2) is 0 Å². The van der Waals surface area contributed by atoms with Crippen molar-refractivity contribution in [1.29, 1.82) is 0 Å². The summed E-state index contributed by atoms with van der Waals surface area (Å²) in [5, 5.41) is 0.713. The van der Waals surface area contributed by atoms with E-state index in [1.807, 2.05) is 26.0 Å². The zero-order valence-corrected chi connectivity index (χ0v) is 13.9. The Labute approximate surface area is 140 Å². The molecule has 0 fully saturated rings. The average molecular weight is 335 g/mol. The van der Waals surface area contributed by atoms with E-state index in [4.69, 9.17) is 25.8 Å². The molecule has 2 aromatic carbocycles. The van der Waals surface area contributed by atoms with Crippen LogP contribution in [0.5, 0.6) is 17.2 Å². The zero-order chi connectivity index (χ0) is 16.7. The second-order valence-corrected chi connectivity index (χ2v) is 5.27. The number of rotatable bonds is 8. The molecule has 2 aromatic rings. The van der Waals surface area contributed by atoms with E-state index in [9.17, 15) is 4.79 Å². The van der Waals surface area contributed by atoms with E-state index in [0.717, 1.165) is 17.6 Å². The van der Waals surface area contributed by atoms with Gasteiger partial charge in [-0.3, -0.25) is 4.79 Å². The minimum atomic E-state index is 0.363. The molecule has 0 spiro atoms. The van der Waals surface area contributed by atoms with Gasteiger partial charge in [0.05, 0.1) is 6.61 Å². The van der Waals surface area contributed by atoms with Crippen molar-refractivity contribution >= 4 is 17.9 Å².